The van der Waals surface area contributed by atoms with Gasteiger partial charge in [0.05, 0.1) is 6.54 Å². The molecular weight excluding hydrogens is 326 g/mol. The number of hydrogen-bond donors (Lipinski definition) is 2. The van der Waals surface area contributed by atoms with E-state index in [9.17, 15) is 0 Å². The van der Waals surface area contributed by atoms with Crippen molar-refractivity contribution in [3.8, 4) is 0 Å². The molecule has 26 heavy (non-hydrogen) atoms. The molecule has 0 aliphatic carbocycles. The molecule has 0 amide bonds. The van der Waals surface area contributed by atoms with Crippen LogP contribution in [0.2, 0.25) is 0 Å². The van der Waals surface area contributed by atoms with E-state index in [1.807, 2.05) is 0 Å². The van der Waals surface area contributed by atoms with Crippen LogP contribution < -0.4 is 10.6 Å². The van der Waals surface area contributed by atoms with Crippen LogP contribution in [0.25, 0.3) is 0 Å². The minimum atomic E-state index is 0.0840. The number of guanidine groups is 1. The summed E-state index contributed by atoms with van der Waals surface area (Å²) in [6, 6.07) is 0. The molecule has 0 aromatic carbocycles. The van der Waals surface area contributed by atoms with Gasteiger partial charge >= 0.3 is 0 Å². The second-order valence-electron chi connectivity index (χ2n) is 7.92. The molecule has 7 nitrogen and oxygen atoms in total. The lowest BCUT2D eigenvalue weighted by molar-refractivity contribution is 0.0774. The second kappa shape index (κ2) is 9.90. The van der Waals surface area contributed by atoms with E-state index in [0.717, 1.165) is 50.3 Å². The first-order chi connectivity index (χ1) is 12.5. The fraction of sp³-hybridized carbons (Fsp3) is 0.842. The summed E-state index contributed by atoms with van der Waals surface area (Å²) in [6.07, 6.45) is 5.34. The lowest BCUT2D eigenvalue weighted by Gasteiger charge is -2.42. The number of piperidine rings is 1. The van der Waals surface area contributed by atoms with E-state index in [1.54, 1.807) is 6.33 Å². The number of aliphatic imine (C=N–C) groups is 1. The maximum absolute atomic E-state index is 4.86. The molecule has 0 saturated carbocycles. The molecule has 2 heterocycles. The smallest absolute Gasteiger partial charge is 0.191 e. The van der Waals surface area contributed by atoms with Crippen LogP contribution in [0.5, 0.6) is 0 Å². The van der Waals surface area contributed by atoms with Crippen molar-refractivity contribution < 1.29 is 0 Å². The number of rotatable bonds is 8. The van der Waals surface area contributed by atoms with Crippen molar-refractivity contribution in [3.63, 3.8) is 0 Å². The molecule has 1 saturated heterocycles. The zero-order chi connectivity index (χ0) is 19.0. The second-order valence-corrected chi connectivity index (χ2v) is 7.92. The summed E-state index contributed by atoms with van der Waals surface area (Å²) in [5.74, 6) is 2.70. The first-order valence-corrected chi connectivity index (χ1v) is 10.1. The minimum Gasteiger partial charge on any atom is -0.357 e. The zero-order valence-electron chi connectivity index (χ0n) is 17.3. The predicted molar refractivity (Wildman–Crippen MR) is 107 cm³/mol. The third-order valence-electron chi connectivity index (χ3n) is 5.14. The summed E-state index contributed by atoms with van der Waals surface area (Å²) in [6.45, 7) is 16.8. The largest absolute Gasteiger partial charge is 0.357 e. The average Bonchev–Trinajstić information content (AvgIpc) is 3.07. The topological polar surface area (TPSA) is 70.4 Å². The quantitative estimate of drug-likeness (QED) is 0.545. The number of nitrogens with one attached hydrogen (secondary N) is 2. The highest BCUT2D eigenvalue weighted by Gasteiger charge is 2.29. The maximum atomic E-state index is 4.86. The number of hydrogen-bond acceptors (Lipinski definition) is 4. The standard InChI is InChI=1S/C19H37N7/c1-6-17-24-23-15-25(17)12-10-21-18(20-7-2)22-14-19(4,5)26-11-8-9-16(3)13-26/h15-16H,6-14H2,1-5H3,(H2,20,21,22). The molecule has 1 unspecified atom stereocenters. The molecule has 7 heteroatoms. The monoisotopic (exact) mass is 363 g/mol. The van der Waals surface area contributed by atoms with Gasteiger partial charge < -0.3 is 15.2 Å². The van der Waals surface area contributed by atoms with Gasteiger partial charge in [-0.25, -0.2) is 0 Å². The molecule has 1 aliphatic heterocycles. The average molecular weight is 364 g/mol. The highest BCUT2D eigenvalue weighted by atomic mass is 15.3. The maximum Gasteiger partial charge on any atom is 0.191 e. The van der Waals surface area contributed by atoms with Gasteiger partial charge in [0.25, 0.3) is 0 Å². The molecule has 2 N–H and O–H groups in total. The van der Waals surface area contributed by atoms with Gasteiger partial charge in [0.2, 0.25) is 0 Å². The van der Waals surface area contributed by atoms with Crippen molar-refractivity contribution in [1.29, 1.82) is 0 Å². The van der Waals surface area contributed by atoms with Gasteiger partial charge in [-0.2, -0.15) is 0 Å². The van der Waals surface area contributed by atoms with Crippen molar-refractivity contribution in [2.45, 2.75) is 66.0 Å². The van der Waals surface area contributed by atoms with E-state index in [-0.39, 0.29) is 5.54 Å². The highest BCUT2D eigenvalue weighted by molar-refractivity contribution is 5.79. The summed E-state index contributed by atoms with van der Waals surface area (Å²) >= 11 is 0. The van der Waals surface area contributed by atoms with Crippen LogP contribution in [-0.4, -0.2) is 63.9 Å². The Hall–Kier alpha value is -1.63. The van der Waals surface area contributed by atoms with Gasteiger partial charge in [0.1, 0.15) is 12.2 Å². The number of aryl methyl sites for hydroxylation is 1. The lowest BCUT2D eigenvalue weighted by Crippen LogP contribution is -2.51. The molecule has 2 rings (SSSR count). The van der Waals surface area contributed by atoms with Crippen molar-refractivity contribution >= 4 is 5.96 Å². The molecule has 0 spiro atoms. The van der Waals surface area contributed by atoms with E-state index in [1.165, 1.54) is 25.9 Å². The van der Waals surface area contributed by atoms with Crippen LogP contribution in [0.3, 0.4) is 0 Å². The van der Waals surface area contributed by atoms with Crippen molar-refractivity contribution in [3.05, 3.63) is 12.2 Å². The normalized spacial score (nSPS) is 19.6. The van der Waals surface area contributed by atoms with Crippen LogP contribution >= 0.6 is 0 Å². The molecule has 1 atom stereocenters. The lowest BCUT2D eigenvalue weighted by atomic mass is 9.94. The van der Waals surface area contributed by atoms with Crippen molar-refractivity contribution in [2.24, 2.45) is 10.9 Å². The first kappa shape index (κ1) is 20.7. The first-order valence-electron chi connectivity index (χ1n) is 10.1. The van der Waals surface area contributed by atoms with Crippen molar-refractivity contribution in [2.75, 3.05) is 32.7 Å². The van der Waals surface area contributed by atoms with Gasteiger partial charge in [-0.3, -0.25) is 9.89 Å². The molecule has 1 aromatic rings. The van der Waals surface area contributed by atoms with E-state index >= 15 is 0 Å². The third-order valence-corrected chi connectivity index (χ3v) is 5.14. The molecular formula is C19H37N7. The Balaban J connectivity index is 1.88. The van der Waals surface area contributed by atoms with E-state index in [4.69, 9.17) is 4.99 Å². The Labute approximate surface area is 158 Å². The SMILES string of the molecule is CCNC(=NCC(C)(C)N1CCCC(C)C1)NCCn1cnnc1CC. The Kier molecular flexibility index (Phi) is 7.87. The zero-order valence-corrected chi connectivity index (χ0v) is 17.3. The van der Waals surface area contributed by atoms with Crippen LogP contribution in [0.1, 0.15) is 53.3 Å². The van der Waals surface area contributed by atoms with Gasteiger partial charge in [-0.1, -0.05) is 13.8 Å². The number of likely N-dealkylation sites (tertiary alicyclic amines) is 1. The molecule has 1 fully saturated rings. The van der Waals surface area contributed by atoms with Crippen LogP contribution in [-0.2, 0) is 13.0 Å². The fourth-order valence-corrected chi connectivity index (χ4v) is 3.49. The Morgan fingerprint density at radius 3 is 2.85 bits per heavy atom. The predicted octanol–water partition coefficient (Wildman–Crippen LogP) is 1.91. The van der Waals surface area contributed by atoms with E-state index in [0.29, 0.717) is 0 Å². The molecule has 1 aromatic heterocycles. The Morgan fingerprint density at radius 1 is 1.35 bits per heavy atom. The van der Waals surface area contributed by atoms with Crippen molar-refractivity contribution in [1.82, 2.24) is 30.3 Å². The summed E-state index contributed by atoms with van der Waals surface area (Å²) in [5.41, 5.74) is 0.0840. The van der Waals surface area contributed by atoms with Gasteiger partial charge in [0.15, 0.2) is 5.96 Å². The molecule has 0 radical (unpaired) electrons. The summed E-state index contributed by atoms with van der Waals surface area (Å²) in [4.78, 5) is 7.46. The van der Waals surface area contributed by atoms with Gasteiger partial charge in [-0.15, -0.1) is 10.2 Å². The van der Waals surface area contributed by atoms with Gasteiger partial charge in [0, 0.05) is 38.1 Å². The fourth-order valence-electron chi connectivity index (χ4n) is 3.49. The Morgan fingerprint density at radius 2 is 2.15 bits per heavy atom. The van der Waals surface area contributed by atoms with E-state index in [2.05, 4.69) is 64.9 Å². The number of aromatic nitrogens is 3. The summed E-state index contributed by atoms with van der Waals surface area (Å²) in [7, 11) is 0. The summed E-state index contributed by atoms with van der Waals surface area (Å²) in [5, 5.41) is 14.9. The number of nitrogens with zero attached hydrogens (tertiary/aromatic N) is 5. The third kappa shape index (κ3) is 5.97. The van der Waals surface area contributed by atoms with Crippen LogP contribution in [0.4, 0.5) is 0 Å². The summed E-state index contributed by atoms with van der Waals surface area (Å²) < 4.78 is 2.09. The Bertz CT molecular complexity index is 564. The van der Waals surface area contributed by atoms with Crippen LogP contribution in [0, 0.1) is 5.92 Å². The van der Waals surface area contributed by atoms with E-state index < -0.39 is 0 Å². The molecule has 1 aliphatic rings. The molecule has 0 bridgehead atoms. The van der Waals surface area contributed by atoms with Gasteiger partial charge in [-0.05, 0) is 46.1 Å². The minimum absolute atomic E-state index is 0.0840. The van der Waals surface area contributed by atoms with Crippen LogP contribution in [0.15, 0.2) is 11.3 Å². The molecule has 148 valence electrons. The highest BCUT2D eigenvalue weighted by Crippen LogP contribution is 2.24.